The van der Waals surface area contributed by atoms with Crippen LogP contribution in [0.1, 0.15) is 49.4 Å². The van der Waals surface area contributed by atoms with E-state index in [4.69, 9.17) is 4.74 Å². The fourth-order valence-corrected chi connectivity index (χ4v) is 3.34. The maximum absolute atomic E-state index is 13.5. The van der Waals surface area contributed by atoms with Crippen molar-refractivity contribution in [1.29, 1.82) is 0 Å². The molecule has 182 valence electrons. The van der Waals surface area contributed by atoms with Gasteiger partial charge in [-0.2, -0.15) is 0 Å². The van der Waals surface area contributed by atoms with Crippen molar-refractivity contribution in [2.75, 3.05) is 32.8 Å². The minimum absolute atomic E-state index is 0.00678. The van der Waals surface area contributed by atoms with Crippen LogP contribution in [-0.2, 0) is 14.3 Å². The van der Waals surface area contributed by atoms with Gasteiger partial charge in [0.15, 0.2) is 0 Å². The summed E-state index contributed by atoms with van der Waals surface area (Å²) in [6.07, 6.45) is 1.68. The standard InChI is InChI=1S/C22H30F2N4O5/c1-2-33-22(32)28-12-8-16(9-13-28)27-20(30)4-3-10-25-19(29)7-11-26-21(31)17-6-5-15(23)14-18(17)24/h5-6,14,16H,2-4,7-13H2,1H3,(H,25,29)(H,26,31)(H,27,30). The summed E-state index contributed by atoms with van der Waals surface area (Å²) in [6, 6.07) is 2.64. The molecule has 3 N–H and O–H groups in total. The number of hydrogen-bond donors (Lipinski definition) is 3. The van der Waals surface area contributed by atoms with Crippen molar-refractivity contribution in [1.82, 2.24) is 20.9 Å². The van der Waals surface area contributed by atoms with Crippen LogP contribution in [0.3, 0.4) is 0 Å². The molecule has 2 rings (SSSR count). The molecule has 0 aliphatic carbocycles. The average molecular weight is 469 g/mol. The van der Waals surface area contributed by atoms with E-state index in [0.29, 0.717) is 51.6 Å². The molecule has 33 heavy (non-hydrogen) atoms. The van der Waals surface area contributed by atoms with Crippen LogP contribution in [0.5, 0.6) is 0 Å². The highest BCUT2D eigenvalue weighted by Crippen LogP contribution is 2.12. The van der Waals surface area contributed by atoms with Crippen molar-refractivity contribution in [2.24, 2.45) is 0 Å². The van der Waals surface area contributed by atoms with Crippen LogP contribution >= 0.6 is 0 Å². The number of likely N-dealkylation sites (tertiary alicyclic amines) is 1. The zero-order chi connectivity index (χ0) is 24.2. The van der Waals surface area contributed by atoms with Crippen LogP contribution in [0.15, 0.2) is 18.2 Å². The summed E-state index contributed by atoms with van der Waals surface area (Å²) < 4.78 is 31.4. The third-order valence-electron chi connectivity index (χ3n) is 5.10. The summed E-state index contributed by atoms with van der Waals surface area (Å²) >= 11 is 0. The van der Waals surface area contributed by atoms with E-state index in [-0.39, 0.29) is 48.9 Å². The van der Waals surface area contributed by atoms with Crippen LogP contribution in [0, 0.1) is 11.6 Å². The van der Waals surface area contributed by atoms with Crippen molar-refractivity contribution < 1.29 is 32.7 Å². The topological polar surface area (TPSA) is 117 Å². The van der Waals surface area contributed by atoms with E-state index in [2.05, 4.69) is 16.0 Å². The van der Waals surface area contributed by atoms with Gasteiger partial charge in [0, 0.05) is 51.1 Å². The van der Waals surface area contributed by atoms with Gasteiger partial charge in [0.05, 0.1) is 12.2 Å². The van der Waals surface area contributed by atoms with Crippen molar-refractivity contribution in [2.45, 2.75) is 45.1 Å². The zero-order valence-electron chi connectivity index (χ0n) is 18.6. The van der Waals surface area contributed by atoms with E-state index >= 15 is 0 Å². The zero-order valence-corrected chi connectivity index (χ0v) is 18.6. The van der Waals surface area contributed by atoms with Crippen molar-refractivity contribution in [3.63, 3.8) is 0 Å². The molecular weight excluding hydrogens is 438 g/mol. The number of carbonyl (C=O) groups is 4. The lowest BCUT2D eigenvalue weighted by atomic mass is 10.1. The molecule has 0 saturated carbocycles. The quantitative estimate of drug-likeness (QED) is 0.452. The molecule has 1 aliphatic rings. The maximum atomic E-state index is 13.5. The van der Waals surface area contributed by atoms with Crippen molar-refractivity contribution in [3.05, 3.63) is 35.4 Å². The molecule has 0 bridgehead atoms. The van der Waals surface area contributed by atoms with E-state index in [1.807, 2.05) is 0 Å². The number of benzene rings is 1. The molecule has 1 heterocycles. The summed E-state index contributed by atoms with van der Waals surface area (Å²) in [6.45, 7) is 3.44. The summed E-state index contributed by atoms with van der Waals surface area (Å²) in [5.74, 6) is -2.92. The minimum atomic E-state index is -0.972. The molecule has 4 amide bonds. The smallest absolute Gasteiger partial charge is 0.409 e. The van der Waals surface area contributed by atoms with Gasteiger partial charge in [0.25, 0.3) is 5.91 Å². The first-order chi connectivity index (χ1) is 15.8. The largest absolute Gasteiger partial charge is 0.450 e. The summed E-state index contributed by atoms with van der Waals surface area (Å²) in [7, 11) is 0. The first-order valence-corrected chi connectivity index (χ1v) is 11.0. The van der Waals surface area contributed by atoms with Crippen LogP contribution in [-0.4, -0.2) is 67.5 Å². The number of carbonyl (C=O) groups excluding carboxylic acids is 4. The molecule has 0 atom stereocenters. The van der Waals surface area contributed by atoms with Gasteiger partial charge in [-0.25, -0.2) is 13.6 Å². The minimum Gasteiger partial charge on any atom is -0.450 e. The van der Waals surface area contributed by atoms with E-state index < -0.39 is 17.5 Å². The summed E-state index contributed by atoms with van der Waals surface area (Å²) in [5.41, 5.74) is -0.297. The monoisotopic (exact) mass is 468 g/mol. The predicted molar refractivity (Wildman–Crippen MR) is 115 cm³/mol. The van der Waals surface area contributed by atoms with Gasteiger partial charge in [-0.3, -0.25) is 14.4 Å². The number of rotatable bonds is 10. The Morgan fingerprint density at radius 2 is 1.76 bits per heavy atom. The Kier molecular flexibility index (Phi) is 10.5. The number of amides is 4. The normalized spacial score (nSPS) is 13.8. The third-order valence-corrected chi connectivity index (χ3v) is 5.10. The Balaban J connectivity index is 1.54. The van der Waals surface area contributed by atoms with Crippen LogP contribution < -0.4 is 16.0 Å². The fraction of sp³-hybridized carbons (Fsp3) is 0.545. The second-order valence-corrected chi connectivity index (χ2v) is 7.61. The Morgan fingerprint density at radius 1 is 1.03 bits per heavy atom. The number of piperidine rings is 1. The maximum Gasteiger partial charge on any atom is 0.409 e. The van der Waals surface area contributed by atoms with E-state index in [1.165, 1.54) is 0 Å². The molecule has 0 unspecified atom stereocenters. The molecule has 1 fully saturated rings. The second kappa shape index (κ2) is 13.3. The molecule has 9 nitrogen and oxygen atoms in total. The molecular formula is C22H30F2N4O5. The first kappa shape index (κ1) is 26.0. The van der Waals surface area contributed by atoms with E-state index in [9.17, 15) is 28.0 Å². The molecule has 0 aromatic heterocycles. The highest BCUT2D eigenvalue weighted by Gasteiger charge is 2.24. The SMILES string of the molecule is CCOC(=O)N1CCC(NC(=O)CCCNC(=O)CCNC(=O)c2ccc(F)cc2F)CC1. The highest BCUT2D eigenvalue weighted by molar-refractivity contribution is 5.94. The van der Waals surface area contributed by atoms with Gasteiger partial charge >= 0.3 is 6.09 Å². The summed E-state index contributed by atoms with van der Waals surface area (Å²) in [5, 5.41) is 7.99. The fourth-order valence-electron chi connectivity index (χ4n) is 3.34. The van der Waals surface area contributed by atoms with Gasteiger partial charge < -0.3 is 25.6 Å². The van der Waals surface area contributed by atoms with E-state index in [1.54, 1.807) is 11.8 Å². The third kappa shape index (κ3) is 9.03. The van der Waals surface area contributed by atoms with Crippen molar-refractivity contribution >= 4 is 23.8 Å². The lowest BCUT2D eigenvalue weighted by Gasteiger charge is -2.31. The number of hydrogen-bond acceptors (Lipinski definition) is 5. The molecule has 11 heteroatoms. The number of ether oxygens (including phenoxy) is 1. The van der Waals surface area contributed by atoms with E-state index in [0.717, 1.165) is 12.1 Å². The lowest BCUT2D eigenvalue weighted by Crippen LogP contribution is -2.46. The summed E-state index contributed by atoms with van der Waals surface area (Å²) in [4.78, 5) is 49.1. The highest BCUT2D eigenvalue weighted by atomic mass is 19.1. The van der Waals surface area contributed by atoms with Gasteiger partial charge in [0.1, 0.15) is 11.6 Å². The van der Waals surface area contributed by atoms with Gasteiger partial charge in [-0.1, -0.05) is 0 Å². The Labute approximate surface area is 191 Å². The number of nitrogens with zero attached hydrogens (tertiary/aromatic N) is 1. The molecule has 0 spiro atoms. The predicted octanol–water partition coefficient (Wildman–Crippen LogP) is 1.72. The van der Waals surface area contributed by atoms with Crippen LogP contribution in [0.4, 0.5) is 13.6 Å². The Morgan fingerprint density at radius 3 is 2.42 bits per heavy atom. The molecule has 0 radical (unpaired) electrons. The number of nitrogens with one attached hydrogen (secondary N) is 3. The Bertz CT molecular complexity index is 844. The van der Waals surface area contributed by atoms with Gasteiger partial charge in [0.2, 0.25) is 11.8 Å². The molecule has 1 aromatic carbocycles. The Hall–Kier alpha value is -3.24. The molecule has 1 aromatic rings. The first-order valence-electron chi connectivity index (χ1n) is 11.0. The second-order valence-electron chi connectivity index (χ2n) is 7.61. The molecule has 1 saturated heterocycles. The van der Waals surface area contributed by atoms with Crippen molar-refractivity contribution in [3.8, 4) is 0 Å². The van der Waals surface area contributed by atoms with Gasteiger partial charge in [-0.05, 0) is 38.3 Å². The average Bonchev–Trinajstić information content (AvgIpc) is 2.77. The molecule has 1 aliphatic heterocycles. The van der Waals surface area contributed by atoms with Crippen LogP contribution in [0.25, 0.3) is 0 Å². The van der Waals surface area contributed by atoms with Gasteiger partial charge in [-0.15, -0.1) is 0 Å². The lowest BCUT2D eigenvalue weighted by molar-refractivity contribution is -0.123. The number of halogens is 2. The van der Waals surface area contributed by atoms with Crippen LogP contribution in [0.2, 0.25) is 0 Å².